The molecule has 0 spiro atoms. The second-order valence-electron chi connectivity index (χ2n) is 2.21. The number of hydrogen-bond donors (Lipinski definition) is 1. The van der Waals surface area contributed by atoms with Crippen LogP contribution in [-0.2, 0) is 0 Å². The minimum Gasteiger partial charge on any atom is -0.386 e. The van der Waals surface area contributed by atoms with Crippen LogP contribution in [0.1, 0.15) is 13.8 Å². The summed E-state index contributed by atoms with van der Waals surface area (Å²) in [6, 6.07) is 0. The van der Waals surface area contributed by atoms with Crippen molar-refractivity contribution in [3.05, 3.63) is 24.8 Å². The zero-order valence-corrected chi connectivity index (χ0v) is 5.26. The standard InChI is InChI=1S/C7H11O/c1-4-5-6-7(2,3)8/h1,4-6,8H,2-3H3/b4-1?,6-5-. The van der Waals surface area contributed by atoms with Gasteiger partial charge in [-0.2, -0.15) is 0 Å². The lowest BCUT2D eigenvalue weighted by Gasteiger charge is -2.08. The van der Waals surface area contributed by atoms with Crippen molar-refractivity contribution >= 4 is 0 Å². The van der Waals surface area contributed by atoms with Gasteiger partial charge in [0, 0.05) is 0 Å². The van der Waals surface area contributed by atoms with Crippen molar-refractivity contribution in [1.29, 1.82) is 0 Å². The molecule has 0 aromatic carbocycles. The fourth-order valence-electron chi connectivity index (χ4n) is 0.291. The molecular formula is C7H11O. The molecule has 0 aliphatic carbocycles. The van der Waals surface area contributed by atoms with E-state index in [0.717, 1.165) is 0 Å². The van der Waals surface area contributed by atoms with Crippen molar-refractivity contribution in [2.45, 2.75) is 19.4 Å². The van der Waals surface area contributed by atoms with E-state index in [0.29, 0.717) is 0 Å². The molecule has 0 aliphatic rings. The lowest BCUT2D eigenvalue weighted by molar-refractivity contribution is 0.133. The fourth-order valence-corrected chi connectivity index (χ4v) is 0.291. The van der Waals surface area contributed by atoms with Crippen LogP contribution in [-0.4, -0.2) is 10.7 Å². The fraction of sp³-hybridized carbons (Fsp3) is 0.429. The van der Waals surface area contributed by atoms with E-state index < -0.39 is 5.60 Å². The van der Waals surface area contributed by atoms with Gasteiger partial charge in [-0.1, -0.05) is 24.8 Å². The largest absolute Gasteiger partial charge is 0.386 e. The predicted molar refractivity (Wildman–Crippen MR) is 34.3 cm³/mol. The first-order valence-electron chi connectivity index (χ1n) is 2.51. The van der Waals surface area contributed by atoms with Crippen molar-refractivity contribution in [1.82, 2.24) is 0 Å². The number of aliphatic hydroxyl groups is 1. The average molecular weight is 111 g/mol. The Morgan fingerprint density at radius 2 is 2.00 bits per heavy atom. The molecule has 0 fully saturated rings. The molecule has 0 aromatic heterocycles. The third-order valence-corrected chi connectivity index (χ3v) is 0.615. The highest BCUT2D eigenvalue weighted by atomic mass is 16.3. The van der Waals surface area contributed by atoms with Crippen LogP contribution in [0.3, 0.4) is 0 Å². The van der Waals surface area contributed by atoms with Gasteiger partial charge in [-0.15, -0.1) is 0 Å². The minimum absolute atomic E-state index is 0.740. The zero-order valence-electron chi connectivity index (χ0n) is 5.26. The monoisotopic (exact) mass is 111 g/mol. The average Bonchev–Trinajstić information content (AvgIpc) is 1.59. The van der Waals surface area contributed by atoms with Crippen LogP contribution < -0.4 is 0 Å². The van der Waals surface area contributed by atoms with Crippen molar-refractivity contribution in [3.63, 3.8) is 0 Å². The summed E-state index contributed by atoms with van der Waals surface area (Å²) in [6.07, 6.45) is 4.62. The smallest absolute Gasteiger partial charge is 0.0774 e. The maximum Gasteiger partial charge on any atom is 0.0774 e. The molecule has 1 radical (unpaired) electrons. The van der Waals surface area contributed by atoms with Crippen molar-refractivity contribution < 1.29 is 5.11 Å². The molecule has 0 saturated heterocycles. The highest BCUT2D eigenvalue weighted by Gasteiger charge is 2.03. The van der Waals surface area contributed by atoms with Crippen molar-refractivity contribution in [2.24, 2.45) is 0 Å². The van der Waals surface area contributed by atoms with Gasteiger partial charge in [-0.25, -0.2) is 0 Å². The molecule has 8 heavy (non-hydrogen) atoms. The molecule has 0 rings (SSSR count). The second-order valence-corrected chi connectivity index (χ2v) is 2.21. The maximum absolute atomic E-state index is 8.99. The van der Waals surface area contributed by atoms with Crippen LogP contribution in [0.15, 0.2) is 18.2 Å². The molecule has 1 heteroatoms. The molecule has 0 heterocycles. The van der Waals surface area contributed by atoms with Gasteiger partial charge in [0.25, 0.3) is 0 Å². The third-order valence-electron chi connectivity index (χ3n) is 0.615. The first-order chi connectivity index (χ1) is 3.56. The summed E-state index contributed by atoms with van der Waals surface area (Å²) in [7, 11) is 0. The maximum atomic E-state index is 8.99. The number of hydrogen-bond acceptors (Lipinski definition) is 1. The van der Waals surface area contributed by atoms with Crippen LogP contribution in [0.5, 0.6) is 0 Å². The summed E-state index contributed by atoms with van der Waals surface area (Å²) in [5.41, 5.74) is -0.740. The molecule has 0 amide bonds. The van der Waals surface area contributed by atoms with E-state index in [1.54, 1.807) is 26.0 Å². The van der Waals surface area contributed by atoms with Gasteiger partial charge in [0.05, 0.1) is 5.60 Å². The van der Waals surface area contributed by atoms with E-state index in [-0.39, 0.29) is 0 Å². The molecule has 1 N–H and O–H groups in total. The Bertz CT molecular complexity index is 95.4. The number of rotatable bonds is 2. The molecule has 0 atom stereocenters. The van der Waals surface area contributed by atoms with E-state index >= 15 is 0 Å². The quantitative estimate of drug-likeness (QED) is 0.532. The summed E-state index contributed by atoms with van der Waals surface area (Å²) < 4.78 is 0. The Morgan fingerprint density at radius 1 is 1.50 bits per heavy atom. The van der Waals surface area contributed by atoms with Gasteiger partial charge in [-0.05, 0) is 13.8 Å². The normalized spacial score (nSPS) is 12.4. The minimum atomic E-state index is -0.740. The Kier molecular flexibility index (Phi) is 2.49. The zero-order chi connectivity index (χ0) is 6.62. The lowest BCUT2D eigenvalue weighted by atomic mass is 10.1. The summed E-state index contributed by atoms with van der Waals surface area (Å²) >= 11 is 0. The molecule has 0 unspecified atom stereocenters. The lowest BCUT2D eigenvalue weighted by Crippen LogP contribution is -2.13. The highest BCUT2D eigenvalue weighted by molar-refractivity contribution is 5.03. The van der Waals surface area contributed by atoms with Crippen LogP contribution in [0.4, 0.5) is 0 Å². The highest BCUT2D eigenvalue weighted by Crippen LogP contribution is 2.01. The van der Waals surface area contributed by atoms with Gasteiger partial charge in [0.15, 0.2) is 0 Å². The molecule has 1 nitrogen and oxygen atoms in total. The van der Waals surface area contributed by atoms with Crippen LogP contribution in [0.25, 0.3) is 0 Å². The third kappa shape index (κ3) is 5.44. The Balaban J connectivity index is 3.69. The van der Waals surface area contributed by atoms with Crippen molar-refractivity contribution in [3.8, 4) is 0 Å². The summed E-state index contributed by atoms with van der Waals surface area (Å²) in [5, 5.41) is 8.99. The molecule has 0 bridgehead atoms. The van der Waals surface area contributed by atoms with E-state index in [4.69, 9.17) is 11.7 Å². The van der Waals surface area contributed by atoms with Crippen LogP contribution in [0.2, 0.25) is 0 Å². The van der Waals surface area contributed by atoms with Gasteiger partial charge >= 0.3 is 0 Å². The molecule has 0 aliphatic heterocycles. The molecule has 0 aromatic rings. The van der Waals surface area contributed by atoms with Gasteiger partial charge in [-0.3, -0.25) is 0 Å². The summed E-state index contributed by atoms with van der Waals surface area (Å²) in [6.45, 7) is 8.39. The van der Waals surface area contributed by atoms with Gasteiger partial charge < -0.3 is 5.11 Å². The van der Waals surface area contributed by atoms with Crippen molar-refractivity contribution in [2.75, 3.05) is 0 Å². The van der Waals surface area contributed by atoms with Crippen LogP contribution >= 0.6 is 0 Å². The summed E-state index contributed by atoms with van der Waals surface area (Å²) in [5.74, 6) is 0. The Morgan fingerprint density at radius 3 is 2.12 bits per heavy atom. The molecule has 45 valence electrons. The first kappa shape index (κ1) is 7.44. The van der Waals surface area contributed by atoms with Gasteiger partial charge in [0.2, 0.25) is 0 Å². The molecular weight excluding hydrogens is 100 g/mol. The van der Waals surface area contributed by atoms with Gasteiger partial charge in [0.1, 0.15) is 0 Å². The van der Waals surface area contributed by atoms with Crippen LogP contribution in [0, 0.1) is 6.58 Å². The Hall–Kier alpha value is -0.560. The summed E-state index contributed by atoms with van der Waals surface area (Å²) in [4.78, 5) is 0. The number of allylic oxidation sites excluding steroid dienone is 2. The Labute approximate surface area is 50.3 Å². The topological polar surface area (TPSA) is 20.2 Å². The van der Waals surface area contributed by atoms with E-state index in [1.807, 2.05) is 0 Å². The SMILES string of the molecule is [CH]=C/C=C\C(C)(C)O. The predicted octanol–water partition coefficient (Wildman–Crippen LogP) is 1.30. The van der Waals surface area contributed by atoms with E-state index in [1.165, 1.54) is 6.08 Å². The van der Waals surface area contributed by atoms with E-state index in [2.05, 4.69) is 0 Å². The molecule has 0 saturated carbocycles. The van der Waals surface area contributed by atoms with E-state index in [9.17, 15) is 0 Å². The second kappa shape index (κ2) is 2.68. The first-order valence-corrected chi connectivity index (χ1v) is 2.51.